The molecule has 3 atom stereocenters. The van der Waals surface area contributed by atoms with Gasteiger partial charge in [0.25, 0.3) is 5.91 Å². The van der Waals surface area contributed by atoms with E-state index < -0.39 is 28.0 Å². The summed E-state index contributed by atoms with van der Waals surface area (Å²) in [6, 6.07) is 20.0. The number of aliphatic hydroxyl groups is 1. The number of amides is 1. The number of carbonyl (C=O) groups excluding carboxylic acids is 1. The van der Waals surface area contributed by atoms with Crippen LogP contribution in [0.5, 0.6) is 0 Å². The SMILES string of the molecule is C[C@H](CO)N1C[C@H](C)[C@@H](CN(C)S(=O)(=O)c2cccc(F)c2)OCc2ccccc2-c2c(n(C)c3ccccc23)C1=O. The van der Waals surface area contributed by atoms with E-state index in [1.165, 1.54) is 29.6 Å². The van der Waals surface area contributed by atoms with Crippen molar-refractivity contribution < 1.29 is 27.4 Å². The van der Waals surface area contributed by atoms with Gasteiger partial charge in [0.05, 0.1) is 30.3 Å². The number of sulfonamides is 1. The maximum Gasteiger partial charge on any atom is 0.271 e. The Morgan fingerprint density at radius 3 is 2.55 bits per heavy atom. The number of hydrogen-bond donors (Lipinski definition) is 1. The van der Waals surface area contributed by atoms with Gasteiger partial charge in [-0.1, -0.05) is 55.5 Å². The van der Waals surface area contributed by atoms with Crippen LogP contribution in [0.3, 0.4) is 0 Å². The highest BCUT2D eigenvalue weighted by molar-refractivity contribution is 7.89. The fourth-order valence-corrected chi connectivity index (χ4v) is 6.90. The first-order valence-corrected chi connectivity index (χ1v) is 15.4. The van der Waals surface area contributed by atoms with Gasteiger partial charge in [0.15, 0.2) is 0 Å². The second kappa shape index (κ2) is 12.0. The number of ether oxygens (including phenoxy) is 1. The number of para-hydroxylation sites is 1. The van der Waals surface area contributed by atoms with Crippen LogP contribution in [0, 0.1) is 11.7 Å². The fraction of sp³-hybridized carbons (Fsp3) is 0.344. The zero-order valence-corrected chi connectivity index (χ0v) is 25.0. The smallest absolute Gasteiger partial charge is 0.271 e. The second-order valence-corrected chi connectivity index (χ2v) is 13.1. The van der Waals surface area contributed by atoms with Crippen molar-refractivity contribution in [2.45, 2.75) is 37.5 Å². The molecule has 1 N–H and O–H groups in total. The van der Waals surface area contributed by atoms with Gasteiger partial charge in [-0.2, -0.15) is 4.31 Å². The Morgan fingerprint density at radius 1 is 1.10 bits per heavy atom. The van der Waals surface area contributed by atoms with Crippen molar-refractivity contribution >= 4 is 26.8 Å². The van der Waals surface area contributed by atoms with Crippen LogP contribution < -0.4 is 0 Å². The van der Waals surface area contributed by atoms with Crippen molar-refractivity contribution in [2.75, 3.05) is 26.7 Å². The molecule has 1 aliphatic rings. The number of halogens is 1. The van der Waals surface area contributed by atoms with Gasteiger partial charge in [-0.15, -0.1) is 0 Å². The van der Waals surface area contributed by atoms with Crippen molar-refractivity contribution in [1.29, 1.82) is 0 Å². The lowest BCUT2D eigenvalue weighted by atomic mass is 9.96. The lowest BCUT2D eigenvalue weighted by Crippen LogP contribution is -2.48. The van der Waals surface area contributed by atoms with Crippen molar-refractivity contribution in [1.82, 2.24) is 13.8 Å². The van der Waals surface area contributed by atoms with Crippen LogP contribution in [0.1, 0.15) is 29.9 Å². The third-order valence-corrected chi connectivity index (χ3v) is 9.99. The van der Waals surface area contributed by atoms with E-state index in [0.29, 0.717) is 5.69 Å². The number of benzene rings is 3. The topological polar surface area (TPSA) is 92.1 Å². The summed E-state index contributed by atoms with van der Waals surface area (Å²) in [7, 11) is -0.696. The summed E-state index contributed by atoms with van der Waals surface area (Å²) in [6.45, 7) is 3.84. The molecule has 0 saturated heterocycles. The zero-order chi connectivity index (χ0) is 30.2. The minimum atomic E-state index is -4.01. The number of nitrogens with zero attached hydrogens (tertiary/aromatic N) is 3. The van der Waals surface area contributed by atoms with Gasteiger partial charge in [0.2, 0.25) is 10.0 Å². The molecule has 1 amide bonds. The molecule has 1 aliphatic heterocycles. The molecule has 10 heteroatoms. The van der Waals surface area contributed by atoms with Crippen molar-refractivity contribution in [3.8, 4) is 11.1 Å². The molecule has 1 aromatic heterocycles. The number of carbonyl (C=O) groups is 1. The highest BCUT2D eigenvalue weighted by Gasteiger charge is 2.35. The van der Waals surface area contributed by atoms with Crippen LogP contribution in [0.2, 0.25) is 0 Å². The van der Waals surface area contributed by atoms with E-state index in [9.17, 15) is 22.7 Å². The number of aryl methyl sites for hydroxylation is 1. The Labute approximate surface area is 246 Å². The lowest BCUT2D eigenvalue weighted by Gasteiger charge is -2.35. The number of fused-ring (bicyclic) bond motifs is 5. The van der Waals surface area contributed by atoms with Gasteiger partial charge in [0.1, 0.15) is 11.5 Å². The highest BCUT2D eigenvalue weighted by atomic mass is 32.2. The van der Waals surface area contributed by atoms with E-state index in [4.69, 9.17) is 4.74 Å². The Hall–Kier alpha value is -3.57. The molecule has 0 radical (unpaired) electrons. The van der Waals surface area contributed by atoms with E-state index >= 15 is 0 Å². The molecular formula is C32H36FN3O5S. The van der Waals surface area contributed by atoms with E-state index in [1.807, 2.05) is 67.1 Å². The van der Waals surface area contributed by atoms with Crippen LogP contribution in [-0.4, -0.2) is 72.1 Å². The van der Waals surface area contributed by atoms with E-state index in [2.05, 4.69) is 0 Å². The summed E-state index contributed by atoms with van der Waals surface area (Å²) < 4.78 is 50.1. The van der Waals surface area contributed by atoms with Crippen molar-refractivity contribution in [3.63, 3.8) is 0 Å². The molecule has 0 bridgehead atoms. The normalized spacial score (nSPS) is 18.9. The second-order valence-electron chi connectivity index (χ2n) is 11.0. The first-order chi connectivity index (χ1) is 20.0. The summed E-state index contributed by atoms with van der Waals surface area (Å²) in [5.41, 5.74) is 3.93. The molecule has 4 aromatic rings. The third-order valence-electron chi connectivity index (χ3n) is 8.17. The number of rotatable bonds is 6. The molecule has 0 saturated carbocycles. The van der Waals surface area contributed by atoms with Crippen molar-refractivity contribution in [3.05, 3.63) is 89.9 Å². The Morgan fingerprint density at radius 2 is 1.81 bits per heavy atom. The molecule has 0 fully saturated rings. The molecule has 8 nitrogen and oxygen atoms in total. The van der Waals surface area contributed by atoms with Gasteiger partial charge in [-0.25, -0.2) is 12.8 Å². The van der Waals surface area contributed by atoms with Gasteiger partial charge in [-0.05, 0) is 42.3 Å². The minimum absolute atomic E-state index is 0.0202. The first kappa shape index (κ1) is 29.9. The molecule has 3 aromatic carbocycles. The number of likely N-dealkylation sites (N-methyl/N-ethyl adjacent to an activating group) is 1. The average Bonchev–Trinajstić information content (AvgIpc) is 3.28. The van der Waals surface area contributed by atoms with E-state index in [-0.39, 0.29) is 43.0 Å². The maximum absolute atomic E-state index is 14.4. The van der Waals surface area contributed by atoms with Gasteiger partial charge in [0, 0.05) is 49.6 Å². The molecule has 0 spiro atoms. The molecule has 222 valence electrons. The standard InChI is InChI=1S/C32H36FN3O5S/c1-21-17-36(22(2)19-37)32(38)31-30(27-14-7-8-15-28(27)35(31)4)26-13-6-5-10-23(26)20-41-29(21)18-34(3)42(39,40)25-12-9-11-24(33)16-25/h5-16,21-22,29,37H,17-20H2,1-4H3/t21-,22+,29+/m0/s1. The summed E-state index contributed by atoms with van der Waals surface area (Å²) in [5, 5.41) is 11.1. The van der Waals surface area contributed by atoms with Crippen LogP contribution in [0.25, 0.3) is 22.0 Å². The predicted octanol–water partition coefficient (Wildman–Crippen LogP) is 4.66. The average molecular weight is 594 g/mol. The van der Waals surface area contributed by atoms with E-state index in [0.717, 1.165) is 33.7 Å². The Bertz CT molecular complexity index is 1720. The van der Waals surface area contributed by atoms with E-state index in [1.54, 1.807) is 11.8 Å². The van der Waals surface area contributed by atoms with Crippen LogP contribution in [-0.2, 0) is 28.4 Å². The molecule has 2 heterocycles. The summed E-state index contributed by atoms with van der Waals surface area (Å²) in [5.74, 6) is -1.19. The minimum Gasteiger partial charge on any atom is -0.394 e. The Kier molecular flexibility index (Phi) is 8.52. The molecule has 5 rings (SSSR count). The number of aromatic nitrogens is 1. The summed E-state index contributed by atoms with van der Waals surface area (Å²) in [6.07, 6.45) is -0.620. The van der Waals surface area contributed by atoms with Crippen LogP contribution in [0.15, 0.2) is 77.7 Å². The van der Waals surface area contributed by atoms with Gasteiger partial charge < -0.3 is 19.3 Å². The van der Waals surface area contributed by atoms with Gasteiger partial charge in [-0.3, -0.25) is 4.79 Å². The molecule has 0 aliphatic carbocycles. The van der Waals surface area contributed by atoms with Crippen LogP contribution >= 0.6 is 0 Å². The summed E-state index contributed by atoms with van der Waals surface area (Å²) >= 11 is 0. The zero-order valence-electron chi connectivity index (χ0n) is 24.2. The van der Waals surface area contributed by atoms with Crippen molar-refractivity contribution in [2.24, 2.45) is 13.0 Å². The van der Waals surface area contributed by atoms with Gasteiger partial charge >= 0.3 is 0 Å². The monoisotopic (exact) mass is 593 g/mol. The lowest BCUT2D eigenvalue weighted by molar-refractivity contribution is -0.0147. The molecule has 42 heavy (non-hydrogen) atoms. The molecular weight excluding hydrogens is 557 g/mol. The number of aliphatic hydroxyl groups excluding tert-OH is 1. The quantitative estimate of drug-likeness (QED) is 0.351. The Balaban J connectivity index is 1.61. The number of hydrogen-bond acceptors (Lipinski definition) is 5. The predicted molar refractivity (Wildman–Crippen MR) is 160 cm³/mol. The third kappa shape index (κ3) is 5.47. The fourth-order valence-electron chi connectivity index (χ4n) is 5.68. The van der Waals surface area contributed by atoms with Crippen LogP contribution in [0.4, 0.5) is 4.39 Å². The largest absolute Gasteiger partial charge is 0.394 e. The first-order valence-electron chi connectivity index (χ1n) is 14.0. The maximum atomic E-state index is 14.4. The molecule has 0 unspecified atom stereocenters. The summed E-state index contributed by atoms with van der Waals surface area (Å²) in [4.78, 5) is 15.9. The highest BCUT2D eigenvalue weighted by Crippen LogP contribution is 2.38.